The zero-order chi connectivity index (χ0) is 15.8. The van der Waals surface area contributed by atoms with Crippen molar-refractivity contribution in [2.24, 2.45) is 26.7 Å². The number of aromatic amines is 1. The summed E-state index contributed by atoms with van der Waals surface area (Å²) in [5.74, 6) is 0.595. The number of hydrogen-bond acceptors (Lipinski definition) is 2. The van der Waals surface area contributed by atoms with Gasteiger partial charge in [0.2, 0.25) is 0 Å². The zero-order valence-electron chi connectivity index (χ0n) is 14.1. The van der Waals surface area contributed by atoms with E-state index in [1.807, 2.05) is 0 Å². The molecule has 2 saturated carbocycles. The van der Waals surface area contributed by atoms with Crippen LogP contribution in [-0.2, 0) is 0 Å². The third kappa shape index (κ3) is 1.46. The Kier molecular flexibility index (Phi) is 2.43. The Balaban J connectivity index is 2.02. The van der Waals surface area contributed by atoms with Crippen LogP contribution in [0.15, 0.2) is 34.3 Å². The van der Waals surface area contributed by atoms with Crippen molar-refractivity contribution in [3.05, 3.63) is 35.0 Å². The molecule has 1 aromatic carbocycles. The highest BCUT2D eigenvalue weighted by Crippen LogP contribution is 2.66. The SMILES string of the molecule is CC12CCC(/C3=c4\c([nH]c5ccccc45)=NCCN=C31)C2(C)C. The molecule has 1 aromatic heterocycles. The molecule has 0 saturated heterocycles. The van der Waals surface area contributed by atoms with Crippen molar-refractivity contribution in [3.8, 4) is 0 Å². The standard InChI is InChI=1S/C20H23N3/c1-19(2)13-8-9-20(19,3)17-16(13)15-12-6-4-5-7-14(12)23-18(15)22-11-10-21-17/h4-7,13H,8-11H2,1-3H3,(H,22,23)/b16-15+,21-17?. The Morgan fingerprint density at radius 3 is 2.74 bits per heavy atom. The second kappa shape index (κ2) is 4.14. The number of para-hydroxylation sites is 1. The minimum atomic E-state index is 0.208. The summed E-state index contributed by atoms with van der Waals surface area (Å²) in [5, 5.41) is 2.64. The van der Waals surface area contributed by atoms with Crippen LogP contribution in [0.25, 0.3) is 16.5 Å². The van der Waals surface area contributed by atoms with E-state index in [9.17, 15) is 0 Å². The van der Waals surface area contributed by atoms with Crippen LogP contribution in [0.2, 0.25) is 0 Å². The summed E-state index contributed by atoms with van der Waals surface area (Å²) in [7, 11) is 0. The van der Waals surface area contributed by atoms with Crippen LogP contribution < -0.4 is 10.7 Å². The molecule has 1 aliphatic heterocycles. The van der Waals surface area contributed by atoms with Gasteiger partial charge in [-0.1, -0.05) is 39.0 Å². The van der Waals surface area contributed by atoms with Crippen molar-refractivity contribution in [2.75, 3.05) is 13.1 Å². The summed E-state index contributed by atoms with van der Waals surface area (Å²) in [4.78, 5) is 13.4. The highest BCUT2D eigenvalue weighted by Gasteiger charge is 2.62. The number of benzene rings is 1. The topological polar surface area (TPSA) is 40.5 Å². The van der Waals surface area contributed by atoms with E-state index < -0.39 is 0 Å². The molecule has 23 heavy (non-hydrogen) atoms. The van der Waals surface area contributed by atoms with Crippen molar-refractivity contribution in [1.29, 1.82) is 0 Å². The predicted molar refractivity (Wildman–Crippen MR) is 94.3 cm³/mol. The van der Waals surface area contributed by atoms with E-state index in [0.717, 1.165) is 18.6 Å². The molecule has 2 aromatic rings. The Morgan fingerprint density at radius 1 is 1.09 bits per heavy atom. The summed E-state index contributed by atoms with van der Waals surface area (Å²) in [6.07, 6.45) is 2.54. The van der Waals surface area contributed by atoms with Crippen LogP contribution in [-0.4, -0.2) is 23.8 Å². The van der Waals surface area contributed by atoms with Crippen LogP contribution in [0.4, 0.5) is 0 Å². The Labute approximate surface area is 136 Å². The lowest BCUT2D eigenvalue weighted by molar-refractivity contribution is 0.206. The molecular weight excluding hydrogens is 282 g/mol. The quantitative estimate of drug-likeness (QED) is 0.777. The second-order valence-electron chi connectivity index (χ2n) is 8.06. The first-order valence-electron chi connectivity index (χ1n) is 8.75. The summed E-state index contributed by atoms with van der Waals surface area (Å²) in [6, 6.07) is 8.62. The van der Waals surface area contributed by atoms with E-state index in [-0.39, 0.29) is 10.8 Å². The average Bonchev–Trinajstić information content (AvgIpc) is 3.02. The van der Waals surface area contributed by atoms with Gasteiger partial charge < -0.3 is 4.98 Å². The van der Waals surface area contributed by atoms with Gasteiger partial charge in [-0.25, -0.2) is 0 Å². The first-order chi connectivity index (χ1) is 11.0. The van der Waals surface area contributed by atoms with Gasteiger partial charge in [0.05, 0.1) is 13.1 Å². The Hall–Kier alpha value is -1.90. The minimum absolute atomic E-state index is 0.208. The maximum atomic E-state index is 5.05. The minimum Gasteiger partial charge on any atom is -0.339 e. The van der Waals surface area contributed by atoms with Crippen LogP contribution in [0.3, 0.4) is 0 Å². The fourth-order valence-electron chi connectivity index (χ4n) is 5.29. The van der Waals surface area contributed by atoms with Crippen LogP contribution >= 0.6 is 0 Å². The molecule has 5 rings (SSSR count). The van der Waals surface area contributed by atoms with Gasteiger partial charge in [0, 0.05) is 27.2 Å². The second-order valence-corrected chi connectivity index (χ2v) is 8.06. The third-order valence-electron chi connectivity index (χ3n) is 6.95. The molecular formula is C20H23N3. The van der Waals surface area contributed by atoms with Gasteiger partial charge >= 0.3 is 0 Å². The van der Waals surface area contributed by atoms with Crippen LogP contribution in [0.1, 0.15) is 33.6 Å². The van der Waals surface area contributed by atoms with E-state index in [4.69, 9.17) is 9.98 Å². The number of nitrogens with zero attached hydrogens (tertiary/aromatic N) is 2. The van der Waals surface area contributed by atoms with Gasteiger partial charge in [0.1, 0.15) is 5.49 Å². The molecule has 0 radical (unpaired) electrons. The Morgan fingerprint density at radius 2 is 1.87 bits per heavy atom. The fraction of sp³-hybridized carbons (Fsp3) is 0.500. The van der Waals surface area contributed by atoms with Gasteiger partial charge in [0.15, 0.2) is 0 Å². The van der Waals surface area contributed by atoms with Crippen molar-refractivity contribution in [2.45, 2.75) is 33.6 Å². The first kappa shape index (κ1) is 13.5. The maximum Gasteiger partial charge on any atom is 0.133 e. The monoisotopic (exact) mass is 305 g/mol. The van der Waals surface area contributed by atoms with E-state index >= 15 is 0 Å². The maximum absolute atomic E-state index is 5.05. The molecule has 2 heterocycles. The number of nitrogens with one attached hydrogen (secondary N) is 1. The molecule has 3 nitrogen and oxygen atoms in total. The lowest BCUT2D eigenvalue weighted by Gasteiger charge is -2.34. The highest BCUT2D eigenvalue weighted by atomic mass is 14.9. The first-order valence-corrected chi connectivity index (χ1v) is 8.75. The Bertz CT molecular complexity index is 976. The van der Waals surface area contributed by atoms with E-state index in [1.54, 1.807) is 0 Å². The van der Waals surface area contributed by atoms with Gasteiger partial charge in [-0.15, -0.1) is 0 Å². The normalized spacial score (nSPS) is 33.5. The summed E-state index contributed by atoms with van der Waals surface area (Å²) in [5.41, 5.74) is 5.61. The molecule has 2 fully saturated rings. The van der Waals surface area contributed by atoms with Gasteiger partial charge in [-0.3, -0.25) is 9.98 Å². The molecule has 3 heteroatoms. The predicted octanol–water partition coefficient (Wildman–Crippen LogP) is 2.85. The largest absolute Gasteiger partial charge is 0.339 e. The molecule has 118 valence electrons. The van der Waals surface area contributed by atoms with Gasteiger partial charge in [-0.05, 0) is 35.8 Å². The molecule has 2 unspecified atom stereocenters. The highest BCUT2D eigenvalue weighted by molar-refractivity contribution is 6.26. The van der Waals surface area contributed by atoms with Crippen LogP contribution in [0, 0.1) is 16.7 Å². The number of hydrogen-bond donors (Lipinski definition) is 1. The number of rotatable bonds is 0. The molecule has 2 bridgehead atoms. The summed E-state index contributed by atoms with van der Waals surface area (Å²) in [6.45, 7) is 8.91. The molecule has 0 spiro atoms. The number of fused-ring (bicyclic) bond motifs is 8. The number of H-pyrrole nitrogens is 1. The van der Waals surface area contributed by atoms with Gasteiger partial charge in [-0.2, -0.15) is 0 Å². The lowest BCUT2D eigenvalue weighted by Crippen LogP contribution is -2.36. The molecule has 2 atom stereocenters. The molecule has 0 amide bonds. The van der Waals surface area contributed by atoms with E-state index in [0.29, 0.717) is 5.92 Å². The smallest absolute Gasteiger partial charge is 0.133 e. The molecule has 2 aliphatic carbocycles. The van der Waals surface area contributed by atoms with E-state index in [1.165, 1.54) is 40.2 Å². The third-order valence-corrected chi connectivity index (χ3v) is 6.95. The molecule has 3 aliphatic rings. The summed E-state index contributed by atoms with van der Waals surface area (Å²) < 4.78 is 0. The van der Waals surface area contributed by atoms with Crippen molar-refractivity contribution in [3.63, 3.8) is 0 Å². The van der Waals surface area contributed by atoms with Crippen molar-refractivity contribution >= 4 is 22.2 Å². The summed E-state index contributed by atoms with van der Waals surface area (Å²) >= 11 is 0. The van der Waals surface area contributed by atoms with Gasteiger partial charge in [0.25, 0.3) is 0 Å². The van der Waals surface area contributed by atoms with Crippen molar-refractivity contribution < 1.29 is 0 Å². The van der Waals surface area contributed by atoms with Crippen LogP contribution in [0.5, 0.6) is 0 Å². The fourth-order valence-corrected chi connectivity index (χ4v) is 5.29. The molecule has 1 N–H and O–H groups in total. The van der Waals surface area contributed by atoms with E-state index in [2.05, 4.69) is 50.0 Å². The van der Waals surface area contributed by atoms with Crippen molar-refractivity contribution in [1.82, 2.24) is 4.98 Å². The average molecular weight is 305 g/mol. The number of aliphatic imine (C=N–C) groups is 1. The zero-order valence-corrected chi connectivity index (χ0v) is 14.1. The number of aromatic nitrogens is 1. The lowest BCUT2D eigenvalue weighted by atomic mass is 9.70.